The number of hydrogen-bond acceptors (Lipinski definition) is 4. The van der Waals surface area contributed by atoms with Crippen molar-refractivity contribution < 1.29 is 5.11 Å². The van der Waals surface area contributed by atoms with E-state index >= 15 is 0 Å². The number of aromatic nitrogens is 1. The Kier molecular flexibility index (Phi) is 4.77. The van der Waals surface area contributed by atoms with Gasteiger partial charge in [0.25, 0.3) is 0 Å². The molecule has 0 spiro atoms. The predicted octanol–water partition coefficient (Wildman–Crippen LogP) is 1.93. The minimum atomic E-state index is -0.514. The molecule has 0 radical (unpaired) electrons. The van der Waals surface area contributed by atoms with Crippen LogP contribution in [0.1, 0.15) is 38.7 Å². The molecule has 1 aromatic rings. The van der Waals surface area contributed by atoms with E-state index < -0.39 is 5.60 Å². The standard InChI is InChI=1S/C15H25N3O/c1-3-16-11-13-5-6-14(17-12-13)18-9-4-7-15(2,19)8-10-18/h5-6,12,16,19H,3-4,7-11H2,1-2H3. The number of rotatable bonds is 4. The van der Waals surface area contributed by atoms with Gasteiger partial charge >= 0.3 is 0 Å². The van der Waals surface area contributed by atoms with E-state index in [4.69, 9.17) is 0 Å². The van der Waals surface area contributed by atoms with Crippen molar-refractivity contribution in [1.29, 1.82) is 0 Å². The van der Waals surface area contributed by atoms with Crippen LogP contribution < -0.4 is 10.2 Å². The Balaban J connectivity index is 1.97. The molecule has 2 rings (SSSR count). The molecule has 2 N–H and O–H groups in total. The minimum Gasteiger partial charge on any atom is -0.390 e. The highest BCUT2D eigenvalue weighted by molar-refractivity contribution is 5.39. The van der Waals surface area contributed by atoms with Gasteiger partial charge < -0.3 is 15.3 Å². The zero-order valence-corrected chi connectivity index (χ0v) is 12.0. The Morgan fingerprint density at radius 3 is 2.89 bits per heavy atom. The molecular weight excluding hydrogens is 238 g/mol. The lowest BCUT2D eigenvalue weighted by molar-refractivity contribution is 0.0481. The van der Waals surface area contributed by atoms with E-state index in [9.17, 15) is 5.11 Å². The molecule has 19 heavy (non-hydrogen) atoms. The molecule has 1 aliphatic heterocycles. The van der Waals surface area contributed by atoms with Crippen LogP contribution in [0.15, 0.2) is 18.3 Å². The number of hydrogen-bond donors (Lipinski definition) is 2. The molecule has 4 nitrogen and oxygen atoms in total. The highest BCUT2D eigenvalue weighted by atomic mass is 16.3. The molecule has 1 unspecified atom stereocenters. The van der Waals surface area contributed by atoms with Crippen LogP contribution in [0.5, 0.6) is 0 Å². The molecule has 0 saturated carbocycles. The third-order valence-electron chi connectivity index (χ3n) is 3.78. The minimum absolute atomic E-state index is 0.514. The second kappa shape index (κ2) is 6.35. The average molecular weight is 263 g/mol. The maximum absolute atomic E-state index is 10.1. The maximum Gasteiger partial charge on any atom is 0.128 e. The van der Waals surface area contributed by atoms with Gasteiger partial charge in [-0.25, -0.2) is 4.98 Å². The lowest BCUT2D eigenvalue weighted by Crippen LogP contribution is -2.28. The first-order valence-electron chi connectivity index (χ1n) is 7.24. The van der Waals surface area contributed by atoms with Crippen molar-refractivity contribution in [3.8, 4) is 0 Å². The molecule has 2 heterocycles. The molecule has 1 aromatic heterocycles. The molecule has 4 heteroatoms. The van der Waals surface area contributed by atoms with Crippen molar-refractivity contribution in [3.05, 3.63) is 23.9 Å². The smallest absolute Gasteiger partial charge is 0.128 e. The van der Waals surface area contributed by atoms with Crippen LogP contribution in [0.4, 0.5) is 5.82 Å². The fourth-order valence-electron chi connectivity index (χ4n) is 2.47. The second-order valence-corrected chi connectivity index (χ2v) is 5.64. The second-order valence-electron chi connectivity index (χ2n) is 5.64. The summed E-state index contributed by atoms with van der Waals surface area (Å²) in [5, 5.41) is 13.4. The Hall–Kier alpha value is -1.13. The summed E-state index contributed by atoms with van der Waals surface area (Å²) in [6, 6.07) is 4.22. The topological polar surface area (TPSA) is 48.4 Å². The van der Waals surface area contributed by atoms with E-state index in [2.05, 4.69) is 34.3 Å². The summed E-state index contributed by atoms with van der Waals surface area (Å²) in [6.07, 6.45) is 4.66. The van der Waals surface area contributed by atoms with Gasteiger partial charge in [0.15, 0.2) is 0 Å². The molecule has 1 fully saturated rings. The van der Waals surface area contributed by atoms with E-state index in [0.29, 0.717) is 0 Å². The third kappa shape index (κ3) is 4.18. The number of nitrogens with zero attached hydrogens (tertiary/aromatic N) is 2. The monoisotopic (exact) mass is 263 g/mol. The van der Waals surface area contributed by atoms with Crippen molar-refractivity contribution in [3.63, 3.8) is 0 Å². The highest BCUT2D eigenvalue weighted by Gasteiger charge is 2.25. The molecule has 0 aromatic carbocycles. The van der Waals surface area contributed by atoms with Crippen LogP contribution in [0.2, 0.25) is 0 Å². The van der Waals surface area contributed by atoms with Gasteiger partial charge in [0.2, 0.25) is 0 Å². The zero-order chi connectivity index (χ0) is 13.7. The lowest BCUT2D eigenvalue weighted by atomic mass is 9.98. The van der Waals surface area contributed by atoms with E-state index in [-0.39, 0.29) is 0 Å². The molecule has 0 amide bonds. The first kappa shape index (κ1) is 14.3. The van der Waals surface area contributed by atoms with Crippen LogP contribution >= 0.6 is 0 Å². The lowest BCUT2D eigenvalue weighted by Gasteiger charge is -2.23. The fourth-order valence-corrected chi connectivity index (χ4v) is 2.47. The van der Waals surface area contributed by atoms with Gasteiger partial charge in [-0.2, -0.15) is 0 Å². The molecule has 0 bridgehead atoms. The molecule has 0 aliphatic carbocycles. The number of pyridine rings is 1. The summed E-state index contributed by atoms with van der Waals surface area (Å²) in [5.74, 6) is 1.03. The van der Waals surface area contributed by atoms with Crippen LogP contribution in [0.25, 0.3) is 0 Å². The zero-order valence-electron chi connectivity index (χ0n) is 12.0. The van der Waals surface area contributed by atoms with Crippen LogP contribution in [0, 0.1) is 0 Å². The van der Waals surface area contributed by atoms with Gasteiger partial charge in [-0.05, 0) is 44.4 Å². The molecule has 106 valence electrons. The van der Waals surface area contributed by atoms with E-state index in [1.165, 1.54) is 5.56 Å². The SMILES string of the molecule is CCNCc1ccc(N2CCCC(C)(O)CC2)nc1. The summed E-state index contributed by atoms with van der Waals surface area (Å²) >= 11 is 0. The van der Waals surface area contributed by atoms with E-state index in [0.717, 1.165) is 51.3 Å². The fraction of sp³-hybridized carbons (Fsp3) is 0.667. The van der Waals surface area contributed by atoms with Crippen LogP contribution in [-0.4, -0.2) is 35.3 Å². The van der Waals surface area contributed by atoms with E-state index in [1.54, 1.807) is 0 Å². The Bertz CT molecular complexity index is 389. The third-order valence-corrected chi connectivity index (χ3v) is 3.78. The van der Waals surface area contributed by atoms with Crippen molar-refractivity contribution in [2.75, 3.05) is 24.5 Å². The molecule has 1 saturated heterocycles. The molecule has 1 atom stereocenters. The quantitative estimate of drug-likeness (QED) is 0.871. The molecule has 1 aliphatic rings. The van der Waals surface area contributed by atoms with Gasteiger partial charge in [-0.15, -0.1) is 0 Å². The summed E-state index contributed by atoms with van der Waals surface area (Å²) < 4.78 is 0. The van der Waals surface area contributed by atoms with Gasteiger partial charge in [0, 0.05) is 25.8 Å². The van der Waals surface area contributed by atoms with Gasteiger partial charge in [-0.1, -0.05) is 13.0 Å². The number of aliphatic hydroxyl groups is 1. The average Bonchev–Trinajstić information content (AvgIpc) is 2.58. The van der Waals surface area contributed by atoms with Gasteiger partial charge in [-0.3, -0.25) is 0 Å². The van der Waals surface area contributed by atoms with Crippen molar-refractivity contribution in [2.45, 2.75) is 45.3 Å². The van der Waals surface area contributed by atoms with Gasteiger partial charge in [0.1, 0.15) is 5.82 Å². The first-order valence-corrected chi connectivity index (χ1v) is 7.24. The summed E-state index contributed by atoms with van der Waals surface area (Å²) in [5.41, 5.74) is 0.701. The number of nitrogens with one attached hydrogen (secondary N) is 1. The summed E-state index contributed by atoms with van der Waals surface area (Å²) in [7, 11) is 0. The first-order chi connectivity index (χ1) is 9.11. The van der Waals surface area contributed by atoms with E-state index in [1.807, 2.05) is 13.1 Å². The maximum atomic E-state index is 10.1. The van der Waals surface area contributed by atoms with Crippen LogP contribution in [0.3, 0.4) is 0 Å². The predicted molar refractivity (Wildman–Crippen MR) is 78.3 cm³/mol. The Morgan fingerprint density at radius 1 is 1.37 bits per heavy atom. The van der Waals surface area contributed by atoms with Crippen molar-refractivity contribution in [1.82, 2.24) is 10.3 Å². The number of anilines is 1. The van der Waals surface area contributed by atoms with Crippen molar-refractivity contribution >= 4 is 5.82 Å². The molecular formula is C15H25N3O. The largest absolute Gasteiger partial charge is 0.390 e. The summed E-state index contributed by atoms with van der Waals surface area (Å²) in [4.78, 5) is 6.83. The Labute approximate surface area is 115 Å². The van der Waals surface area contributed by atoms with Gasteiger partial charge in [0.05, 0.1) is 5.60 Å². The van der Waals surface area contributed by atoms with Crippen molar-refractivity contribution in [2.24, 2.45) is 0 Å². The highest BCUT2D eigenvalue weighted by Crippen LogP contribution is 2.24. The van der Waals surface area contributed by atoms with Crippen LogP contribution in [-0.2, 0) is 6.54 Å². The Morgan fingerprint density at radius 2 is 2.21 bits per heavy atom. The normalized spacial score (nSPS) is 24.3. The summed E-state index contributed by atoms with van der Waals surface area (Å²) in [6.45, 7) is 7.75.